The largest absolute Gasteiger partial charge is 0.434 e. The summed E-state index contributed by atoms with van der Waals surface area (Å²) in [5.41, 5.74) is 1.04. The molecule has 0 unspecified atom stereocenters. The van der Waals surface area contributed by atoms with E-state index in [2.05, 4.69) is 11.9 Å². The Labute approximate surface area is 150 Å². The van der Waals surface area contributed by atoms with Gasteiger partial charge < -0.3 is 4.57 Å². The summed E-state index contributed by atoms with van der Waals surface area (Å²) in [6.07, 6.45) is -1.33. The van der Waals surface area contributed by atoms with E-state index in [1.807, 2.05) is 65.8 Å². The molecule has 5 heteroatoms. The zero-order valence-corrected chi connectivity index (χ0v) is 16.4. The molecule has 142 valence electrons. The van der Waals surface area contributed by atoms with Crippen molar-refractivity contribution in [1.29, 1.82) is 0 Å². The molecule has 0 aliphatic carbocycles. The molecule has 0 aliphatic rings. The van der Waals surface area contributed by atoms with Crippen molar-refractivity contribution in [2.24, 2.45) is 0 Å². The van der Waals surface area contributed by atoms with Crippen LogP contribution in [0.25, 0.3) is 11.4 Å². The van der Waals surface area contributed by atoms with Gasteiger partial charge in [-0.2, -0.15) is 13.2 Å². The lowest BCUT2D eigenvalue weighted by atomic mass is 10.1. The van der Waals surface area contributed by atoms with E-state index in [4.69, 9.17) is 0 Å². The van der Waals surface area contributed by atoms with Crippen molar-refractivity contribution < 1.29 is 13.2 Å². The van der Waals surface area contributed by atoms with Crippen molar-refractivity contribution >= 4 is 0 Å². The van der Waals surface area contributed by atoms with E-state index in [9.17, 15) is 13.2 Å². The van der Waals surface area contributed by atoms with E-state index in [-0.39, 0.29) is 6.04 Å². The first-order chi connectivity index (χ1) is 11.8. The van der Waals surface area contributed by atoms with Crippen molar-refractivity contribution in [2.45, 2.75) is 73.5 Å². The van der Waals surface area contributed by atoms with Crippen LogP contribution in [0.2, 0.25) is 0 Å². The van der Waals surface area contributed by atoms with Gasteiger partial charge >= 0.3 is 6.18 Å². The Bertz CT molecular complexity index is 596. The number of aryl methyl sites for hydroxylation is 1. The molecule has 0 saturated heterocycles. The molecule has 2 rings (SSSR count). The molecule has 0 atom stereocenters. The van der Waals surface area contributed by atoms with E-state index < -0.39 is 11.9 Å². The highest BCUT2D eigenvalue weighted by atomic mass is 19.4. The van der Waals surface area contributed by atoms with Crippen LogP contribution in [0.5, 0.6) is 0 Å². The van der Waals surface area contributed by atoms with Crippen molar-refractivity contribution in [3.8, 4) is 11.4 Å². The SMILES string of the molecule is CC.CC.CCCc1ccc(-c2nc(C(F)(F)F)cn2C(C)C)cc1. The molecule has 1 aromatic carbocycles. The Morgan fingerprint density at radius 1 is 1.00 bits per heavy atom. The molecule has 0 radical (unpaired) electrons. The normalized spacial score (nSPS) is 10.7. The highest BCUT2D eigenvalue weighted by Crippen LogP contribution is 2.32. The van der Waals surface area contributed by atoms with Crippen LogP contribution in [-0.4, -0.2) is 9.55 Å². The van der Waals surface area contributed by atoms with Gasteiger partial charge in [-0.3, -0.25) is 0 Å². The predicted molar refractivity (Wildman–Crippen MR) is 99.7 cm³/mol. The monoisotopic (exact) mass is 356 g/mol. The molecule has 0 N–H and O–H groups in total. The molecule has 1 heterocycles. The van der Waals surface area contributed by atoms with E-state index in [1.54, 1.807) is 4.57 Å². The van der Waals surface area contributed by atoms with E-state index in [1.165, 1.54) is 5.56 Å². The lowest BCUT2D eigenvalue weighted by Gasteiger charge is -2.11. The van der Waals surface area contributed by atoms with E-state index >= 15 is 0 Å². The quantitative estimate of drug-likeness (QED) is 0.568. The Morgan fingerprint density at radius 3 is 1.92 bits per heavy atom. The first-order valence-electron chi connectivity index (χ1n) is 9.08. The van der Waals surface area contributed by atoms with Gasteiger partial charge in [0, 0.05) is 17.8 Å². The van der Waals surface area contributed by atoms with Crippen LogP contribution in [0.4, 0.5) is 13.2 Å². The summed E-state index contributed by atoms with van der Waals surface area (Å²) in [7, 11) is 0. The number of hydrogen-bond donors (Lipinski definition) is 0. The molecule has 0 spiro atoms. The fourth-order valence-electron chi connectivity index (χ4n) is 2.25. The molecule has 25 heavy (non-hydrogen) atoms. The molecule has 0 saturated carbocycles. The molecule has 0 fully saturated rings. The van der Waals surface area contributed by atoms with Crippen LogP contribution >= 0.6 is 0 Å². The summed E-state index contributed by atoms with van der Waals surface area (Å²) >= 11 is 0. The van der Waals surface area contributed by atoms with E-state index in [0.717, 1.165) is 19.0 Å². The van der Waals surface area contributed by atoms with Crippen molar-refractivity contribution in [2.75, 3.05) is 0 Å². The number of rotatable bonds is 4. The number of halogens is 3. The summed E-state index contributed by atoms with van der Waals surface area (Å²) in [5.74, 6) is 0.361. The van der Waals surface area contributed by atoms with Crippen LogP contribution < -0.4 is 0 Å². The van der Waals surface area contributed by atoms with Gasteiger partial charge in [-0.25, -0.2) is 4.98 Å². The Morgan fingerprint density at radius 2 is 1.52 bits per heavy atom. The third kappa shape index (κ3) is 6.56. The Balaban J connectivity index is 0.00000134. The van der Waals surface area contributed by atoms with Crippen LogP contribution in [0.15, 0.2) is 30.5 Å². The summed E-state index contributed by atoms with van der Waals surface area (Å²) in [6.45, 7) is 13.8. The molecular weight excluding hydrogens is 325 g/mol. The van der Waals surface area contributed by atoms with Crippen LogP contribution in [0, 0.1) is 0 Å². The molecule has 0 bridgehead atoms. The maximum Gasteiger partial charge on any atom is 0.434 e. The number of imidazole rings is 1. The van der Waals surface area contributed by atoms with Crippen LogP contribution in [0.3, 0.4) is 0 Å². The van der Waals surface area contributed by atoms with E-state index in [0.29, 0.717) is 11.4 Å². The molecule has 1 aromatic heterocycles. The highest BCUT2D eigenvalue weighted by molar-refractivity contribution is 5.57. The van der Waals surface area contributed by atoms with Gasteiger partial charge in [-0.1, -0.05) is 65.3 Å². The highest BCUT2D eigenvalue weighted by Gasteiger charge is 2.35. The minimum atomic E-state index is -4.42. The predicted octanol–water partition coefficient (Wildman–Crippen LogP) is 7.15. The number of hydrogen-bond acceptors (Lipinski definition) is 1. The fourth-order valence-corrected chi connectivity index (χ4v) is 2.25. The molecule has 2 nitrogen and oxygen atoms in total. The summed E-state index contributed by atoms with van der Waals surface area (Å²) in [6, 6.07) is 7.49. The topological polar surface area (TPSA) is 17.8 Å². The van der Waals surface area contributed by atoms with Crippen molar-refractivity contribution in [3.63, 3.8) is 0 Å². The van der Waals surface area contributed by atoms with Crippen LogP contribution in [0.1, 0.15) is 72.2 Å². The van der Waals surface area contributed by atoms with Gasteiger partial charge in [0.05, 0.1) is 0 Å². The zero-order chi connectivity index (χ0) is 19.6. The number of alkyl halides is 3. The van der Waals surface area contributed by atoms with Gasteiger partial charge in [0.25, 0.3) is 0 Å². The number of nitrogens with zero attached hydrogens (tertiary/aromatic N) is 2. The smallest absolute Gasteiger partial charge is 0.328 e. The Kier molecular flexibility index (Phi) is 10.2. The van der Waals surface area contributed by atoms with Gasteiger partial charge in [0.1, 0.15) is 5.82 Å². The Hall–Kier alpha value is -1.78. The third-order valence-electron chi connectivity index (χ3n) is 3.33. The zero-order valence-electron chi connectivity index (χ0n) is 16.4. The third-order valence-corrected chi connectivity index (χ3v) is 3.33. The average molecular weight is 356 g/mol. The first-order valence-corrected chi connectivity index (χ1v) is 9.08. The second-order valence-electron chi connectivity index (χ2n) is 5.40. The molecule has 2 aromatic rings. The molecule has 0 amide bonds. The summed E-state index contributed by atoms with van der Waals surface area (Å²) in [5, 5.41) is 0. The molecular formula is C20H31F3N2. The van der Waals surface area contributed by atoms with Gasteiger partial charge in [-0.05, 0) is 25.8 Å². The lowest BCUT2D eigenvalue weighted by Crippen LogP contribution is -2.05. The summed E-state index contributed by atoms with van der Waals surface area (Å²) < 4.78 is 40.1. The van der Waals surface area contributed by atoms with Crippen molar-refractivity contribution in [1.82, 2.24) is 9.55 Å². The fraction of sp³-hybridized carbons (Fsp3) is 0.550. The van der Waals surface area contributed by atoms with Crippen molar-refractivity contribution in [3.05, 3.63) is 41.7 Å². The first kappa shape index (κ1) is 23.2. The maximum absolute atomic E-state index is 12.8. The maximum atomic E-state index is 12.8. The second kappa shape index (κ2) is 11.0. The summed E-state index contributed by atoms with van der Waals surface area (Å²) in [4.78, 5) is 3.79. The van der Waals surface area contributed by atoms with Gasteiger partial charge in [-0.15, -0.1) is 0 Å². The number of benzene rings is 1. The minimum Gasteiger partial charge on any atom is -0.328 e. The van der Waals surface area contributed by atoms with Gasteiger partial charge in [0.2, 0.25) is 0 Å². The minimum absolute atomic E-state index is 0.0843. The molecule has 0 aliphatic heterocycles. The lowest BCUT2D eigenvalue weighted by molar-refractivity contribution is -0.140. The standard InChI is InChI=1S/C16H19F3N2.2C2H6/c1-4-5-12-6-8-13(9-7-12)15-20-14(16(17,18)19)10-21(15)11(2)3;2*1-2/h6-11H,4-5H2,1-3H3;2*1-2H3. The van der Waals surface area contributed by atoms with Gasteiger partial charge in [0.15, 0.2) is 5.69 Å². The average Bonchev–Trinajstić information content (AvgIpc) is 3.05. The van der Waals surface area contributed by atoms with Crippen LogP contribution in [-0.2, 0) is 12.6 Å². The number of aromatic nitrogens is 2. The second-order valence-corrected chi connectivity index (χ2v) is 5.40.